The van der Waals surface area contributed by atoms with Gasteiger partial charge in [-0.3, -0.25) is 0 Å². The van der Waals surface area contributed by atoms with Crippen LogP contribution in [0.25, 0.3) is 0 Å². The van der Waals surface area contributed by atoms with Crippen LogP contribution in [0.4, 0.5) is 0 Å². The molecule has 0 aliphatic carbocycles. The van der Waals surface area contributed by atoms with Gasteiger partial charge in [0, 0.05) is 22.2 Å². The quantitative estimate of drug-likeness (QED) is 0.843. The highest BCUT2D eigenvalue weighted by Gasteiger charge is 2.26. The number of aromatic carboxylic acids is 1. The minimum atomic E-state index is -3.69. The zero-order valence-electron chi connectivity index (χ0n) is 11.5. The normalized spacial score (nSPS) is 12.5. The average molecular weight is 345 g/mol. The fourth-order valence-electron chi connectivity index (χ4n) is 1.67. The number of carbonyl (C=O) groups is 1. The molecule has 2 aromatic heterocycles. The molecule has 2 heterocycles. The maximum atomic E-state index is 12.2. The van der Waals surface area contributed by atoms with Crippen molar-refractivity contribution >= 4 is 38.7 Å². The van der Waals surface area contributed by atoms with Crippen molar-refractivity contribution in [3.05, 3.63) is 39.4 Å². The fraction of sp³-hybridized carbons (Fsp3) is 0.308. The molecule has 0 radical (unpaired) electrons. The third kappa shape index (κ3) is 3.70. The van der Waals surface area contributed by atoms with Crippen molar-refractivity contribution in [2.45, 2.75) is 23.5 Å². The van der Waals surface area contributed by atoms with Gasteiger partial charge < -0.3 is 5.11 Å². The van der Waals surface area contributed by atoms with E-state index in [4.69, 9.17) is 5.11 Å². The SMILES string of the molecule is CC(C)(CNS(=O)(=O)c1cc(C(=O)O)cs1)c1cccs1. The molecule has 0 fully saturated rings. The monoisotopic (exact) mass is 345 g/mol. The molecule has 0 aliphatic heterocycles. The highest BCUT2D eigenvalue weighted by atomic mass is 32.2. The Hall–Kier alpha value is -1.22. The summed E-state index contributed by atoms with van der Waals surface area (Å²) in [5.74, 6) is -1.13. The molecular formula is C13H15NO4S3. The molecule has 0 saturated carbocycles. The second kappa shape index (κ2) is 5.88. The van der Waals surface area contributed by atoms with E-state index in [-0.39, 0.29) is 21.7 Å². The molecule has 0 aromatic carbocycles. The van der Waals surface area contributed by atoms with Crippen LogP contribution in [-0.4, -0.2) is 26.0 Å². The molecule has 114 valence electrons. The smallest absolute Gasteiger partial charge is 0.336 e. The maximum Gasteiger partial charge on any atom is 0.336 e. The number of carboxylic acid groups (broad SMARTS) is 1. The Balaban J connectivity index is 2.12. The van der Waals surface area contributed by atoms with Gasteiger partial charge >= 0.3 is 5.97 Å². The predicted molar refractivity (Wildman–Crippen MR) is 83.8 cm³/mol. The summed E-state index contributed by atoms with van der Waals surface area (Å²) in [4.78, 5) is 11.9. The topological polar surface area (TPSA) is 83.5 Å². The van der Waals surface area contributed by atoms with Crippen molar-refractivity contribution in [2.24, 2.45) is 0 Å². The van der Waals surface area contributed by atoms with Crippen LogP contribution < -0.4 is 4.72 Å². The van der Waals surface area contributed by atoms with Gasteiger partial charge in [0.25, 0.3) is 0 Å². The van der Waals surface area contributed by atoms with Crippen LogP contribution in [0.2, 0.25) is 0 Å². The summed E-state index contributed by atoms with van der Waals surface area (Å²) in [6.07, 6.45) is 0. The molecule has 21 heavy (non-hydrogen) atoms. The Kier molecular flexibility index (Phi) is 4.52. The van der Waals surface area contributed by atoms with Crippen molar-refractivity contribution in [1.29, 1.82) is 0 Å². The van der Waals surface area contributed by atoms with Gasteiger partial charge in [0.05, 0.1) is 5.56 Å². The Morgan fingerprint density at radius 2 is 2.10 bits per heavy atom. The molecule has 5 nitrogen and oxygen atoms in total. The van der Waals surface area contributed by atoms with Crippen molar-refractivity contribution in [3.8, 4) is 0 Å². The van der Waals surface area contributed by atoms with E-state index in [9.17, 15) is 13.2 Å². The number of hydrogen-bond acceptors (Lipinski definition) is 5. The first-order valence-electron chi connectivity index (χ1n) is 6.08. The molecule has 8 heteroatoms. The van der Waals surface area contributed by atoms with Crippen molar-refractivity contribution in [3.63, 3.8) is 0 Å². The van der Waals surface area contributed by atoms with Gasteiger partial charge in [0.2, 0.25) is 10.0 Å². The first-order chi connectivity index (χ1) is 9.72. The first kappa shape index (κ1) is 16.2. The number of sulfonamides is 1. The van der Waals surface area contributed by atoms with E-state index in [0.717, 1.165) is 16.2 Å². The molecule has 2 aromatic rings. The summed E-state index contributed by atoms with van der Waals surface area (Å²) in [6, 6.07) is 5.06. The van der Waals surface area contributed by atoms with Crippen LogP contribution in [0.3, 0.4) is 0 Å². The standard InChI is InChI=1S/C13H15NO4S3/c1-13(2,10-4-3-5-19-10)8-14-21(17,18)11-6-9(7-20-11)12(15)16/h3-7,14H,8H2,1-2H3,(H,15,16). The molecule has 0 spiro atoms. The van der Waals surface area contributed by atoms with E-state index in [1.165, 1.54) is 11.4 Å². The fourth-order valence-corrected chi connectivity index (χ4v) is 4.93. The Labute approximate surface area is 131 Å². The van der Waals surface area contributed by atoms with Crippen LogP contribution in [-0.2, 0) is 15.4 Å². The highest BCUT2D eigenvalue weighted by molar-refractivity contribution is 7.91. The number of thiophene rings is 2. The molecule has 0 atom stereocenters. The highest BCUT2D eigenvalue weighted by Crippen LogP contribution is 2.27. The molecular weight excluding hydrogens is 330 g/mol. The van der Waals surface area contributed by atoms with E-state index in [0.29, 0.717) is 0 Å². The lowest BCUT2D eigenvalue weighted by Crippen LogP contribution is -2.35. The van der Waals surface area contributed by atoms with Crippen molar-refractivity contribution < 1.29 is 18.3 Å². The summed E-state index contributed by atoms with van der Waals surface area (Å²) in [7, 11) is -3.69. The molecule has 0 aliphatic rings. The minimum absolute atomic E-state index is 0.0156. The number of carboxylic acids is 1. The van der Waals surface area contributed by atoms with E-state index in [1.54, 1.807) is 11.3 Å². The third-order valence-electron chi connectivity index (χ3n) is 2.98. The van der Waals surface area contributed by atoms with Gasteiger partial charge in [0.1, 0.15) is 4.21 Å². The molecule has 0 unspecified atom stereocenters. The van der Waals surface area contributed by atoms with E-state index < -0.39 is 16.0 Å². The van der Waals surface area contributed by atoms with Gasteiger partial charge in [-0.2, -0.15) is 0 Å². The summed E-state index contributed by atoms with van der Waals surface area (Å²) in [5, 5.41) is 12.1. The van der Waals surface area contributed by atoms with E-state index in [2.05, 4.69) is 4.72 Å². The molecule has 0 amide bonds. The molecule has 2 N–H and O–H groups in total. The Morgan fingerprint density at radius 3 is 2.62 bits per heavy atom. The van der Waals surface area contributed by atoms with Crippen molar-refractivity contribution in [2.75, 3.05) is 6.54 Å². The van der Waals surface area contributed by atoms with Gasteiger partial charge in [-0.25, -0.2) is 17.9 Å². The van der Waals surface area contributed by atoms with Crippen LogP contribution in [0.15, 0.2) is 33.2 Å². The lowest BCUT2D eigenvalue weighted by molar-refractivity contribution is 0.0697. The van der Waals surface area contributed by atoms with Gasteiger partial charge in [-0.05, 0) is 17.5 Å². The van der Waals surface area contributed by atoms with Gasteiger partial charge in [-0.15, -0.1) is 22.7 Å². The van der Waals surface area contributed by atoms with Crippen LogP contribution in [0.5, 0.6) is 0 Å². The van der Waals surface area contributed by atoms with E-state index in [1.807, 2.05) is 31.4 Å². The number of nitrogens with one attached hydrogen (secondary N) is 1. The van der Waals surface area contributed by atoms with Crippen LogP contribution >= 0.6 is 22.7 Å². The number of rotatable bonds is 6. The average Bonchev–Trinajstić information content (AvgIpc) is 3.07. The predicted octanol–water partition coefficient (Wildman–Crippen LogP) is 2.76. The Morgan fingerprint density at radius 1 is 1.38 bits per heavy atom. The number of hydrogen-bond donors (Lipinski definition) is 2. The van der Waals surface area contributed by atoms with Gasteiger partial charge in [-0.1, -0.05) is 19.9 Å². The second-order valence-electron chi connectivity index (χ2n) is 5.15. The molecule has 0 saturated heterocycles. The summed E-state index contributed by atoms with van der Waals surface area (Å²) in [6.45, 7) is 4.16. The lowest BCUT2D eigenvalue weighted by atomic mass is 9.92. The second-order valence-corrected chi connectivity index (χ2v) is 9.00. The lowest BCUT2D eigenvalue weighted by Gasteiger charge is -2.23. The van der Waals surface area contributed by atoms with E-state index >= 15 is 0 Å². The summed E-state index contributed by atoms with van der Waals surface area (Å²) < 4.78 is 27.0. The van der Waals surface area contributed by atoms with Gasteiger partial charge in [0.15, 0.2) is 0 Å². The zero-order valence-corrected chi connectivity index (χ0v) is 13.9. The van der Waals surface area contributed by atoms with Crippen LogP contribution in [0, 0.1) is 0 Å². The first-order valence-corrected chi connectivity index (χ1v) is 9.32. The zero-order chi connectivity index (χ0) is 15.7. The summed E-state index contributed by atoms with van der Waals surface area (Å²) >= 11 is 2.48. The molecule has 2 rings (SSSR count). The maximum absolute atomic E-state index is 12.2. The third-order valence-corrected chi connectivity index (χ3v) is 7.06. The van der Waals surface area contributed by atoms with Crippen molar-refractivity contribution in [1.82, 2.24) is 4.72 Å². The largest absolute Gasteiger partial charge is 0.478 e. The Bertz CT molecular complexity index is 729. The van der Waals surface area contributed by atoms with Crippen LogP contribution in [0.1, 0.15) is 29.1 Å². The minimum Gasteiger partial charge on any atom is -0.478 e. The summed E-state index contributed by atoms with van der Waals surface area (Å²) in [5.41, 5.74) is -0.341. The molecule has 0 bridgehead atoms.